The standard InChI is InChI=1S/C22H25ClN2/c1-16-13-17(9-10-19(16)23)15-24-21-22(11-5-2-6-12-22)14-18-7-3-4-8-20(18)25-21/h3-4,7-10,13H,2,5-6,11-12,14-15H2,1H3,(H,24,25). The molecule has 25 heavy (non-hydrogen) atoms. The molecular weight excluding hydrogens is 328 g/mol. The number of aryl methyl sites for hydroxylation is 1. The molecule has 2 aromatic rings. The molecule has 1 aliphatic heterocycles. The van der Waals surface area contributed by atoms with Crippen LogP contribution in [0.3, 0.4) is 0 Å². The molecule has 2 aromatic carbocycles. The Morgan fingerprint density at radius 3 is 2.68 bits per heavy atom. The van der Waals surface area contributed by atoms with Gasteiger partial charge in [-0.1, -0.05) is 61.2 Å². The third-order valence-corrected chi connectivity index (χ3v) is 6.18. The van der Waals surface area contributed by atoms with Crippen molar-refractivity contribution in [1.82, 2.24) is 0 Å². The van der Waals surface area contributed by atoms with E-state index in [0.717, 1.165) is 17.0 Å². The lowest BCUT2D eigenvalue weighted by molar-refractivity contribution is 0.278. The van der Waals surface area contributed by atoms with Crippen LogP contribution in [0.1, 0.15) is 48.8 Å². The number of benzene rings is 2. The molecule has 1 saturated carbocycles. The number of hydrogen-bond acceptors (Lipinski definition) is 1. The lowest BCUT2D eigenvalue weighted by atomic mass is 9.67. The van der Waals surface area contributed by atoms with E-state index in [-0.39, 0.29) is 5.41 Å². The van der Waals surface area contributed by atoms with Gasteiger partial charge < -0.3 is 5.32 Å². The Balaban J connectivity index is 1.66. The Kier molecular flexibility index (Phi) is 4.56. The number of halogens is 1. The first kappa shape index (κ1) is 16.7. The first-order valence-corrected chi connectivity index (χ1v) is 9.69. The number of nitrogens with zero attached hydrogens (tertiary/aromatic N) is 1. The van der Waals surface area contributed by atoms with Gasteiger partial charge in [0.15, 0.2) is 0 Å². The van der Waals surface area contributed by atoms with Crippen molar-refractivity contribution >= 4 is 23.1 Å². The molecule has 0 atom stereocenters. The van der Waals surface area contributed by atoms with Crippen LogP contribution in [-0.2, 0) is 13.0 Å². The fraction of sp³-hybridized carbons (Fsp3) is 0.409. The largest absolute Gasteiger partial charge is 0.343 e. The SMILES string of the molecule is Cc1cc(CN=C2Nc3ccccc3CC23CCCCC3)ccc1Cl. The minimum absolute atomic E-state index is 0.202. The van der Waals surface area contributed by atoms with Crippen LogP contribution < -0.4 is 5.32 Å². The minimum Gasteiger partial charge on any atom is -0.343 e. The fourth-order valence-electron chi connectivity index (χ4n) is 4.33. The minimum atomic E-state index is 0.202. The third kappa shape index (κ3) is 3.32. The number of fused-ring (bicyclic) bond motifs is 1. The molecule has 1 heterocycles. The number of anilines is 1. The van der Waals surface area contributed by atoms with E-state index >= 15 is 0 Å². The maximum atomic E-state index is 6.15. The molecule has 1 aliphatic carbocycles. The van der Waals surface area contributed by atoms with Crippen LogP contribution >= 0.6 is 11.6 Å². The lowest BCUT2D eigenvalue weighted by Gasteiger charge is -2.42. The molecule has 0 radical (unpaired) electrons. The highest BCUT2D eigenvalue weighted by Gasteiger charge is 2.40. The molecule has 1 spiro atoms. The van der Waals surface area contributed by atoms with Crippen molar-refractivity contribution in [2.75, 3.05) is 5.32 Å². The number of rotatable bonds is 2. The predicted molar refractivity (Wildman–Crippen MR) is 107 cm³/mol. The second-order valence-electron chi connectivity index (χ2n) is 7.55. The van der Waals surface area contributed by atoms with Gasteiger partial charge in [0.1, 0.15) is 5.84 Å². The van der Waals surface area contributed by atoms with Gasteiger partial charge in [0.05, 0.1) is 6.54 Å². The van der Waals surface area contributed by atoms with Crippen molar-refractivity contribution in [2.24, 2.45) is 10.4 Å². The number of amidine groups is 1. The molecule has 0 bridgehead atoms. The van der Waals surface area contributed by atoms with Crippen molar-refractivity contribution in [3.05, 3.63) is 64.2 Å². The average molecular weight is 353 g/mol. The summed E-state index contributed by atoms with van der Waals surface area (Å²) < 4.78 is 0. The summed E-state index contributed by atoms with van der Waals surface area (Å²) >= 11 is 6.15. The number of nitrogens with one attached hydrogen (secondary N) is 1. The van der Waals surface area contributed by atoms with Gasteiger partial charge in [0.2, 0.25) is 0 Å². The molecule has 1 N–H and O–H groups in total. The highest BCUT2D eigenvalue weighted by Crippen LogP contribution is 2.45. The predicted octanol–water partition coefficient (Wildman–Crippen LogP) is 6.17. The zero-order valence-electron chi connectivity index (χ0n) is 14.8. The van der Waals surface area contributed by atoms with Gasteiger partial charge in [-0.2, -0.15) is 0 Å². The van der Waals surface area contributed by atoms with Gasteiger partial charge in [-0.05, 0) is 55.0 Å². The smallest absolute Gasteiger partial charge is 0.108 e. The molecule has 0 unspecified atom stereocenters. The van der Waals surface area contributed by atoms with Gasteiger partial charge in [-0.25, -0.2) is 0 Å². The van der Waals surface area contributed by atoms with Crippen molar-refractivity contribution in [1.29, 1.82) is 0 Å². The summed E-state index contributed by atoms with van der Waals surface area (Å²) in [4.78, 5) is 5.06. The van der Waals surface area contributed by atoms with E-state index in [4.69, 9.17) is 16.6 Å². The van der Waals surface area contributed by atoms with E-state index in [1.54, 1.807) is 0 Å². The molecule has 130 valence electrons. The number of hydrogen-bond donors (Lipinski definition) is 1. The Morgan fingerprint density at radius 2 is 1.88 bits per heavy atom. The number of para-hydroxylation sites is 1. The van der Waals surface area contributed by atoms with Crippen LogP contribution in [0, 0.1) is 12.3 Å². The number of aliphatic imine (C=N–C) groups is 1. The second-order valence-corrected chi connectivity index (χ2v) is 7.96. The first-order valence-electron chi connectivity index (χ1n) is 9.31. The molecule has 0 saturated heterocycles. The van der Waals surface area contributed by atoms with Crippen molar-refractivity contribution < 1.29 is 0 Å². The fourth-order valence-corrected chi connectivity index (χ4v) is 4.45. The van der Waals surface area contributed by atoms with Gasteiger partial charge in [0.25, 0.3) is 0 Å². The van der Waals surface area contributed by atoms with E-state index < -0.39 is 0 Å². The van der Waals surface area contributed by atoms with Crippen LogP contribution in [0.15, 0.2) is 47.5 Å². The Morgan fingerprint density at radius 1 is 1.08 bits per heavy atom. The summed E-state index contributed by atoms with van der Waals surface area (Å²) in [5.74, 6) is 1.19. The first-order chi connectivity index (χ1) is 12.2. The van der Waals surface area contributed by atoms with Crippen LogP contribution in [0.5, 0.6) is 0 Å². The maximum absolute atomic E-state index is 6.15. The Labute approximate surface area is 155 Å². The highest BCUT2D eigenvalue weighted by atomic mass is 35.5. The summed E-state index contributed by atoms with van der Waals surface area (Å²) in [5, 5.41) is 4.50. The van der Waals surface area contributed by atoms with Crippen LogP contribution in [0.2, 0.25) is 5.02 Å². The zero-order valence-corrected chi connectivity index (χ0v) is 15.6. The third-order valence-electron chi connectivity index (χ3n) is 5.75. The summed E-state index contributed by atoms with van der Waals surface area (Å²) in [6, 6.07) is 14.9. The monoisotopic (exact) mass is 352 g/mol. The molecule has 2 nitrogen and oxygen atoms in total. The maximum Gasteiger partial charge on any atom is 0.108 e. The van der Waals surface area contributed by atoms with Gasteiger partial charge in [-0.3, -0.25) is 4.99 Å². The second kappa shape index (κ2) is 6.84. The van der Waals surface area contributed by atoms with Gasteiger partial charge >= 0.3 is 0 Å². The van der Waals surface area contributed by atoms with E-state index in [1.807, 2.05) is 6.07 Å². The zero-order chi connectivity index (χ0) is 17.3. The van der Waals surface area contributed by atoms with Crippen LogP contribution in [0.25, 0.3) is 0 Å². The van der Waals surface area contributed by atoms with E-state index in [1.165, 1.54) is 54.8 Å². The van der Waals surface area contributed by atoms with Crippen molar-refractivity contribution in [2.45, 2.75) is 52.0 Å². The molecular formula is C22H25ClN2. The van der Waals surface area contributed by atoms with Crippen molar-refractivity contribution in [3.63, 3.8) is 0 Å². The highest BCUT2D eigenvalue weighted by molar-refractivity contribution is 6.31. The topological polar surface area (TPSA) is 24.4 Å². The average Bonchev–Trinajstić information content (AvgIpc) is 2.63. The molecule has 3 heteroatoms. The summed E-state index contributed by atoms with van der Waals surface area (Å²) in [7, 11) is 0. The normalized spacial score (nSPS) is 20.3. The quantitative estimate of drug-likeness (QED) is 0.687. The Bertz CT molecular complexity index is 803. The lowest BCUT2D eigenvalue weighted by Crippen LogP contribution is -2.43. The molecule has 4 rings (SSSR count). The summed E-state index contributed by atoms with van der Waals surface area (Å²) in [6.45, 7) is 2.76. The molecule has 2 aliphatic rings. The van der Waals surface area contributed by atoms with Crippen LogP contribution in [0.4, 0.5) is 5.69 Å². The molecule has 1 fully saturated rings. The van der Waals surface area contributed by atoms with Gasteiger partial charge in [0, 0.05) is 16.1 Å². The van der Waals surface area contributed by atoms with Gasteiger partial charge in [-0.15, -0.1) is 0 Å². The van der Waals surface area contributed by atoms with Crippen molar-refractivity contribution in [3.8, 4) is 0 Å². The summed E-state index contributed by atoms with van der Waals surface area (Å²) in [5.41, 5.74) is 5.21. The Hall–Kier alpha value is -1.80. The van der Waals surface area contributed by atoms with E-state index in [0.29, 0.717) is 6.54 Å². The molecule has 0 amide bonds. The molecule has 0 aromatic heterocycles. The summed E-state index contributed by atoms with van der Waals surface area (Å²) in [6.07, 6.45) is 7.58. The van der Waals surface area contributed by atoms with E-state index in [9.17, 15) is 0 Å². The van der Waals surface area contributed by atoms with Crippen LogP contribution in [-0.4, -0.2) is 5.84 Å². The van der Waals surface area contributed by atoms with E-state index in [2.05, 4.69) is 48.6 Å².